The van der Waals surface area contributed by atoms with Gasteiger partial charge in [0.2, 0.25) is 5.91 Å². The number of carbonyl (C=O) groups excluding carboxylic acids is 1. The van der Waals surface area contributed by atoms with Crippen molar-refractivity contribution >= 4 is 17.5 Å². The highest BCUT2D eigenvalue weighted by Gasteiger charge is 2.37. The normalized spacial score (nSPS) is 30.9. The second-order valence-corrected chi connectivity index (χ2v) is 4.21. The van der Waals surface area contributed by atoms with Gasteiger partial charge in [0, 0.05) is 24.9 Å². The summed E-state index contributed by atoms with van der Waals surface area (Å²) in [5.74, 6) is 0.838. The van der Waals surface area contributed by atoms with E-state index in [1.165, 1.54) is 0 Å². The van der Waals surface area contributed by atoms with E-state index < -0.39 is 0 Å². The first-order valence-corrected chi connectivity index (χ1v) is 4.95. The number of halogens is 1. The summed E-state index contributed by atoms with van der Waals surface area (Å²) in [7, 11) is 1.87. The molecule has 0 spiro atoms. The van der Waals surface area contributed by atoms with Crippen molar-refractivity contribution in [2.45, 2.75) is 26.2 Å². The van der Waals surface area contributed by atoms with Crippen LogP contribution >= 0.6 is 11.6 Å². The standard InChI is InChI=1S/C9H16ClNO/c1-9(5-6-10)4-3-7-11(2)8(9)12/h3-7H2,1-2H3. The first-order chi connectivity index (χ1) is 5.60. The van der Waals surface area contributed by atoms with Crippen LogP contribution in [-0.2, 0) is 4.79 Å². The van der Waals surface area contributed by atoms with E-state index in [0.717, 1.165) is 25.8 Å². The van der Waals surface area contributed by atoms with E-state index in [0.29, 0.717) is 5.88 Å². The molecule has 12 heavy (non-hydrogen) atoms. The van der Waals surface area contributed by atoms with Crippen LogP contribution < -0.4 is 0 Å². The van der Waals surface area contributed by atoms with Crippen LogP contribution in [0.5, 0.6) is 0 Å². The molecule has 3 heteroatoms. The summed E-state index contributed by atoms with van der Waals surface area (Å²) in [6, 6.07) is 0. The molecule has 0 bridgehead atoms. The van der Waals surface area contributed by atoms with Gasteiger partial charge in [0.25, 0.3) is 0 Å². The zero-order valence-electron chi connectivity index (χ0n) is 7.77. The SMILES string of the molecule is CN1CCCC(C)(CCCl)C1=O. The third-order valence-corrected chi connectivity index (χ3v) is 2.92. The van der Waals surface area contributed by atoms with Gasteiger partial charge in [-0.2, -0.15) is 0 Å². The fraction of sp³-hybridized carbons (Fsp3) is 0.889. The van der Waals surface area contributed by atoms with Gasteiger partial charge < -0.3 is 4.90 Å². The average molecular weight is 190 g/mol. The van der Waals surface area contributed by atoms with E-state index in [-0.39, 0.29) is 11.3 Å². The molecule has 0 saturated carbocycles. The monoisotopic (exact) mass is 189 g/mol. The Morgan fingerprint density at radius 2 is 2.33 bits per heavy atom. The summed E-state index contributed by atoms with van der Waals surface area (Å²) < 4.78 is 0. The molecule has 1 saturated heterocycles. The number of hydrogen-bond donors (Lipinski definition) is 0. The van der Waals surface area contributed by atoms with Crippen molar-refractivity contribution in [1.29, 1.82) is 0 Å². The molecule has 1 fully saturated rings. The van der Waals surface area contributed by atoms with Crippen molar-refractivity contribution in [3.8, 4) is 0 Å². The van der Waals surface area contributed by atoms with Crippen LogP contribution in [0.4, 0.5) is 0 Å². The van der Waals surface area contributed by atoms with Crippen molar-refractivity contribution in [3.05, 3.63) is 0 Å². The first kappa shape index (κ1) is 9.85. The van der Waals surface area contributed by atoms with Gasteiger partial charge in [-0.3, -0.25) is 4.79 Å². The summed E-state index contributed by atoms with van der Waals surface area (Å²) in [6.45, 7) is 2.92. The van der Waals surface area contributed by atoms with E-state index in [4.69, 9.17) is 11.6 Å². The Balaban J connectivity index is 2.67. The third-order valence-electron chi connectivity index (χ3n) is 2.73. The molecule has 1 aliphatic rings. The van der Waals surface area contributed by atoms with Crippen molar-refractivity contribution in [2.75, 3.05) is 19.5 Å². The minimum Gasteiger partial charge on any atom is -0.345 e. The predicted octanol–water partition coefficient (Wildman–Crippen LogP) is 1.87. The number of piperidine rings is 1. The number of hydrogen-bond acceptors (Lipinski definition) is 1. The van der Waals surface area contributed by atoms with Crippen LogP contribution in [0.2, 0.25) is 0 Å². The molecule has 1 atom stereocenters. The molecule has 1 rings (SSSR count). The van der Waals surface area contributed by atoms with Crippen LogP contribution in [0.3, 0.4) is 0 Å². The molecule has 0 aromatic rings. The van der Waals surface area contributed by atoms with Crippen LogP contribution in [0, 0.1) is 5.41 Å². The highest BCUT2D eigenvalue weighted by molar-refractivity contribution is 6.18. The molecule has 0 N–H and O–H groups in total. The van der Waals surface area contributed by atoms with Crippen molar-refractivity contribution in [3.63, 3.8) is 0 Å². The number of amides is 1. The van der Waals surface area contributed by atoms with Gasteiger partial charge >= 0.3 is 0 Å². The molecule has 0 aromatic carbocycles. The summed E-state index contributed by atoms with van der Waals surface area (Å²) in [5, 5.41) is 0. The first-order valence-electron chi connectivity index (χ1n) is 4.42. The Bertz CT molecular complexity index is 179. The molecule has 1 amide bonds. The van der Waals surface area contributed by atoms with E-state index >= 15 is 0 Å². The fourth-order valence-corrected chi connectivity index (χ4v) is 2.23. The second-order valence-electron chi connectivity index (χ2n) is 3.83. The maximum atomic E-state index is 11.7. The molecule has 70 valence electrons. The van der Waals surface area contributed by atoms with Gasteiger partial charge in [0.05, 0.1) is 0 Å². The summed E-state index contributed by atoms with van der Waals surface area (Å²) in [6.07, 6.45) is 2.90. The van der Waals surface area contributed by atoms with Gasteiger partial charge in [0.1, 0.15) is 0 Å². The number of carbonyl (C=O) groups is 1. The van der Waals surface area contributed by atoms with Crippen molar-refractivity contribution in [2.24, 2.45) is 5.41 Å². The Morgan fingerprint density at radius 1 is 1.67 bits per heavy atom. The lowest BCUT2D eigenvalue weighted by Gasteiger charge is -2.37. The van der Waals surface area contributed by atoms with Gasteiger partial charge in [-0.1, -0.05) is 6.92 Å². The maximum Gasteiger partial charge on any atom is 0.228 e. The Kier molecular flexibility index (Phi) is 2.99. The highest BCUT2D eigenvalue weighted by atomic mass is 35.5. The lowest BCUT2D eigenvalue weighted by atomic mass is 9.79. The van der Waals surface area contributed by atoms with Gasteiger partial charge in [0.15, 0.2) is 0 Å². The van der Waals surface area contributed by atoms with E-state index in [2.05, 4.69) is 0 Å². The van der Waals surface area contributed by atoms with Crippen molar-refractivity contribution in [1.82, 2.24) is 4.90 Å². The second kappa shape index (κ2) is 3.65. The molecule has 0 aliphatic carbocycles. The van der Waals surface area contributed by atoms with Gasteiger partial charge in [-0.05, 0) is 19.3 Å². The number of nitrogens with zero attached hydrogens (tertiary/aromatic N) is 1. The lowest BCUT2D eigenvalue weighted by molar-refractivity contribution is -0.143. The van der Waals surface area contributed by atoms with Gasteiger partial charge in [-0.15, -0.1) is 11.6 Å². The number of likely N-dealkylation sites (tertiary alicyclic amines) is 1. The van der Waals surface area contributed by atoms with E-state index in [9.17, 15) is 4.79 Å². The molecule has 2 nitrogen and oxygen atoms in total. The number of rotatable bonds is 2. The third kappa shape index (κ3) is 1.74. The molecule has 1 aliphatic heterocycles. The van der Waals surface area contributed by atoms with E-state index in [1.807, 2.05) is 18.9 Å². The van der Waals surface area contributed by atoms with Crippen LogP contribution in [0.1, 0.15) is 26.2 Å². The van der Waals surface area contributed by atoms with Crippen LogP contribution in [0.15, 0.2) is 0 Å². The average Bonchev–Trinajstić information content (AvgIpc) is 2.01. The number of alkyl halides is 1. The topological polar surface area (TPSA) is 20.3 Å². The zero-order chi connectivity index (χ0) is 9.19. The molecule has 0 radical (unpaired) electrons. The summed E-state index contributed by atoms with van der Waals surface area (Å²) >= 11 is 5.67. The Hall–Kier alpha value is -0.240. The maximum absolute atomic E-state index is 11.7. The van der Waals surface area contributed by atoms with E-state index in [1.54, 1.807) is 0 Å². The van der Waals surface area contributed by atoms with Crippen LogP contribution in [0.25, 0.3) is 0 Å². The van der Waals surface area contributed by atoms with Gasteiger partial charge in [-0.25, -0.2) is 0 Å². The summed E-state index contributed by atoms with van der Waals surface area (Å²) in [5.41, 5.74) is -0.186. The Labute approximate surface area is 78.9 Å². The predicted molar refractivity (Wildman–Crippen MR) is 50.3 cm³/mol. The Morgan fingerprint density at radius 3 is 2.92 bits per heavy atom. The smallest absolute Gasteiger partial charge is 0.228 e. The quantitative estimate of drug-likeness (QED) is 0.608. The molecule has 1 unspecified atom stereocenters. The zero-order valence-corrected chi connectivity index (χ0v) is 8.52. The largest absolute Gasteiger partial charge is 0.345 e. The minimum absolute atomic E-state index is 0.186. The summed E-state index contributed by atoms with van der Waals surface area (Å²) in [4.78, 5) is 13.5. The highest BCUT2D eigenvalue weighted by Crippen LogP contribution is 2.33. The van der Waals surface area contributed by atoms with Crippen molar-refractivity contribution < 1.29 is 4.79 Å². The minimum atomic E-state index is -0.186. The fourth-order valence-electron chi connectivity index (χ4n) is 1.82. The molecular weight excluding hydrogens is 174 g/mol. The molecule has 1 heterocycles. The van der Waals surface area contributed by atoms with Crippen LogP contribution in [-0.4, -0.2) is 30.3 Å². The molecule has 0 aromatic heterocycles. The molecular formula is C9H16ClNO. The lowest BCUT2D eigenvalue weighted by Crippen LogP contribution is -2.45.